The van der Waals surface area contributed by atoms with Crippen LogP contribution in [-0.4, -0.2) is 41.5 Å². The predicted molar refractivity (Wildman–Crippen MR) is 126 cm³/mol. The summed E-state index contributed by atoms with van der Waals surface area (Å²) in [7, 11) is 0. The van der Waals surface area contributed by atoms with Gasteiger partial charge in [0.05, 0.1) is 0 Å². The highest BCUT2D eigenvalue weighted by atomic mass is 35.5. The fourth-order valence-corrected chi connectivity index (χ4v) is 6.36. The third-order valence-electron chi connectivity index (χ3n) is 7.62. The van der Waals surface area contributed by atoms with E-state index in [-0.39, 0.29) is 17.4 Å². The maximum atomic E-state index is 12.5. The molecule has 32 heavy (non-hydrogen) atoms. The molecule has 2 heterocycles. The van der Waals surface area contributed by atoms with Gasteiger partial charge in [0, 0.05) is 48.2 Å². The minimum Gasteiger partial charge on any atom is -0.348 e. The highest BCUT2D eigenvalue weighted by Crippen LogP contribution is 2.60. The number of hydrogen-bond acceptors (Lipinski definition) is 3. The van der Waals surface area contributed by atoms with Crippen LogP contribution < -0.4 is 5.32 Å². The number of piperidine rings is 1. The molecule has 3 aliphatic rings. The van der Waals surface area contributed by atoms with Gasteiger partial charge in [-0.2, -0.15) is 0 Å². The average molecular weight is 444 g/mol. The molecule has 4 nitrogen and oxygen atoms in total. The van der Waals surface area contributed by atoms with Crippen LogP contribution in [0.1, 0.15) is 57.9 Å². The van der Waals surface area contributed by atoms with Crippen LogP contribution >= 0.6 is 11.6 Å². The number of aromatic nitrogens is 1. The summed E-state index contributed by atoms with van der Waals surface area (Å²) in [5.41, 5.74) is 6.34. The molecule has 1 aromatic heterocycles. The lowest BCUT2D eigenvalue weighted by Crippen LogP contribution is -2.48. The van der Waals surface area contributed by atoms with Crippen molar-refractivity contribution in [2.24, 2.45) is 0 Å². The number of amides is 1. The number of fused-ring (bicyclic) bond motifs is 8. The molecule has 2 atom stereocenters. The Morgan fingerprint density at radius 1 is 1.03 bits per heavy atom. The van der Waals surface area contributed by atoms with Crippen molar-refractivity contribution in [3.05, 3.63) is 99.8 Å². The number of carbonyl (C=O) groups excluding carboxylic acids is 1. The van der Waals surface area contributed by atoms with Crippen LogP contribution in [0.2, 0.25) is 5.02 Å². The topological polar surface area (TPSA) is 45.2 Å². The average Bonchev–Trinajstić information content (AvgIpc) is 3.32. The molecule has 1 amide bonds. The van der Waals surface area contributed by atoms with E-state index in [4.69, 9.17) is 11.6 Å². The molecule has 2 unspecified atom stereocenters. The van der Waals surface area contributed by atoms with E-state index in [0.717, 1.165) is 43.9 Å². The molecule has 2 bridgehead atoms. The summed E-state index contributed by atoms with van der Waals surface area (Å²) < 4.78 is 0. The smallest absolute Gasteiger partial charge is 0.270 e. The summed E-state index contributed by atoms with van der Waals surface area (Å²) in [6, 6.07) is 21.1. The van der Waals surface area contributed by atoms with Crippen molar-refractivity contribution in [1.29, 1.82) is 0 Å². The lowest BCUT2D eigenvalue weighted by atomic mass is 9.74. The summed E-state index contributed by atoms with van der Waals surface area (Å²) in [6.45, 7) is 2.98. The van der Waals surface area contributed by atoms with Gasteiger partial charge in [-0.1, -0.05) is 48.0 Å². The summed E-state index contributed by atoms with van der Waals surface area (Å²) in [5, 5.41) is 4.00. The molecule has 0 saturated carbocycles. The van der Waals surface area contributed by atoms with Gasteiger partial charge in [0.1, 0.15) is 5.69 Å². The first-order valence-electron chi connectivity index (χ1n) is 11.5. The van der Waals surface area contributed by atoms with E-state index in [1.165, 1.54) is 22.3 Å². The molecule has 6 rings (SSSR count). The van der Waals surface area contributed by atoms with Crippen molar-refractivity contribution in [3.63, 3.8) is 0 Å². The normalized spacial score (nSPS) is 24.2. The van der Waals surface area contributed by atoms with Crippen molar-refractivity contribution in [1.82, 2.24) is 15.2 Å². The Labute approximate surface area is 193 Å². The molecule has 2 aliphatic carbocycles. The fraction of sp³-hybridized carbons (Fsp3) is 0.333. The molecule has 162 valence electrons. The zero-order chi connectivity index (χ0) is 21.7. The molecule has 2 aromatic carbocycles. The molecule has 1 fully saturated rings. The minimum atomic E-state index is -0.0745. The summed E-state index contributed by atoms with van der Waals surface area (Å²) in [4.78, 5) is 19.2. The van der Waals surface area contributed by atoms with Gasteiger partial charge in [0.25, 0.3) is 5.91 Å². The first-order chi connectivity index (χ1) is 15.6. The maximum absolute atomic E-state index is 12.5. The van der Waals surface area contributed by atoms with Crippen LogP contribution in [0, 0.1) is 0 Å². The van der Waals surface area contributed by atoms with Gasteiger partial charge in [-0.25, -0.2) is 0 Å². The minimum absolute atomic E-state index is 0.0194. The third kappa shape index (κ3) is 3.16. The second kappa shape index (κ2) is 7.72. The standard InChI is InChI=1S/C27H26ClN3O/c28-18-8-9-21-22-16-27(24(21)15-18,23-6-2-1-5-20(22)23)17-31-13-10-19(11-14-31)30-26(32)25-7-3-4-12-29-25/h1-9,12,15,19,22H,10-11,13-14,16-17H2,(H,30,32). The number of pyridine rings is 1. The van der Waals surface area contributed by atoms with E-state index in [0.29, 0.717) is 11.6 Å². The van der Waals surface area contributed by atoms with Crippen LogP contribution in [0.25, 0.3) is 0 Å². The molecule has 1 aliphatic heterocycles. The number of hydrogen-bond donors (Lipinski definition) is 1. The Kier molecular flexibility index (Phi) is 4.81. The molecule has 3 aromatic rings. The van der Waals surface area contributed by atoms with Crippen molar-refractivity contribution in [2.45, 2.75) is 36.6 Å². The molecular formula is C27H26ClN3O. The zero-order valence-electron chi connectivity index (χ0n) is 17.9. The molecular weight excluding hydrogens is 418 g/mol. The Bertz CT molecular complexity index is 1170. The first kappa shape index (κ1) is 20.0. The Morgan fingerprint density at radius 2 is 1.81 bits per heavy atom. The SMILES string of the molecule is O=C(NC1CCN(CC23CC(c4ccccc42)c2ccc(Cl)cc23)CC1)c1ccccn1. The number of rotatable bonds is 4. The predicted octanol–water partition coefficient (Wildman–Crippen LogP) is 4.76. The second-order valence-electron chi connectivity index (χ2n) is 9.40. The third-order valence-corrected chi connectivity index (χ3v) is 7.86. The summed E-state index contributed by atoms with van der Waals surface area (Å²) in [6.07, 6.45) is 4.72. The van der Waals surface area contributed by atoms with Crippen LogP contribution in [0.3, 0.4) is 0 Å². The fourth-order valence-electron chi connectivity index (χ4n) is 6.19. The van der Waals surface area contributed by atoms with Crippen molar-refractivity contribution in [2.75, 3.05) is 19.6 Å². The van der Waals surface area contributed by atoms with Crippen molar-refractivity contribution >= 4 is 17.5 Å². The second-order valence-corrected chi connectivity index (χ2v) is 9.83. The largest absolute Gasteiger partial charge is 0.348 e. The number of benzene rings is 2. The molecule has 0 spiro atoms. The van der Waals surface area contributed by atoms with Gasteiger partial charge in [0.15, 0.2) is 0 Å². The van der Waals surface area contributed by atoms with Gasteiger partial charge in [-0.15, -0.1) is 0 Å². The number of halogens is 1. The molecule has 0 radical (unpaired) electrons. The van der Waals surface area contributed by atoms with Gasteiger partial charge < -0.3 is 10.2 Å². The number of carbonyl (C=O) groups is 1. The Hall–Kier alpha value is -2.69. The monoisotopic (exact) mass is 443 g/mol. The number of likely N-dealkylation sites (tertiary alicyclic amines) is 1. The van der Waals surface area contributed by atoms with Gasteiger partial charge >= 0.3 is 0 Å². The van der Waals surface area contributed by atoms with Crippen LogP contribution in [0.15, 0.2) is 66.9 Å². The molecule has 1 N–H and O–H groups in total. The van der Waals surface area contributed by atoms with Crippen LogP contribution in [0.4, 0.5) is 0 Å². The van der Waals surface area contributed by atoms with Gasteiger partial charge in [0.2, 0.25) is 0 Å². The first-order valence-corrected chi connectivity index (χ1v) is 11.9. The Balaban J connectivity index is 1.19. The van der Waals surface area contributed by atoms with E-state index in [1.54, 1.807) is 12.3 Å². The number of nitrogens with one attached hydrogen (secondary N) is 1. The van der Waals surface area contributed by atoms with Crippen molar-refractivity contribution in [3.8, 4) is 0 Å². The van der Waals surface area contributed by atoms with Crippen LogP contribution in [-0.2, 0) is 5.41 Å². The summed E-state index contributed by atoms with van der Waals surface area (Å²) >= 11 is 6.45. The van der Waals surface area contributed by atoms with E-state index < -0.39 is 0 Å². The highest BCUT2D eigenvalue weighted by molar-refractivity contribution is 6.30. The summed E-state index contributed by atoms with van der Waals surface area (Å²) in [5.74, 6) is 0.406. The Morgan fingerprint density at radius 3 is 2.62 bits per heavy atom. The number of nitrogens with zero attached hydrogens (tertiary/aromatic N) is 2. The van der Waals surface area contributed by atoms with E-state index in [1.807, 2.05) is 18.2 Å². The van der Waals surface area contributed by atoms with Crippen LogP contribution in [0.5, 0.6) is 0 Å². The molecule has 5 heteroatoms. The quantitative estimate of drug-likeness (QED) is 0.632. The van der Waals surface area contributed by atoms with Gasteiger partial charge in [-0.3, -0.25) is 9.78 Å². The zero-order valence-corrected chi connectivity index (χ0v) is 18.7. The van der Waals surface area contributed by atoms with E-state index >= 15 is 0 Å². The lowest BCUT2D eigenvalue weighted by molar-refractivity contribution is 0.0900. The molecule has 1 saturated heterocycles. The van der Waals surface area contributed by atoms with E-state index in [9.17, 15) is 4.79 Å². The van der Waals surface area contributed by atoms with E-state index in [2.05, 4.69) is 51.6 Å². The highest BCUT2D eigenvalue weighted by Gasteiger charge is 2.53. The lowest BCUT2D eigenvalue weighted by Gasteiger charge is -2.40. The van der Waals surface area contributed by atoms with Crippen molar-refractivity contribution < 1.29 is 4.79 Å². The van der Waals surface area contributed by atoms with Gasteiger partial charge in [-0.05, 0) is 65.8 Å². The maximum Gasteiger partial charge on any atom is 0.270 e.